The van der Waals surface area contributed by atoms with Crippen LogP contribution in [0.5, 0.6) is 5.75 Å². The van der Waals surface area contributed by atoms with Crippen LogP contribution in [0.1, 0.15) is 38.3 Å². The van der Waals surface area contributed by atoms with Crippen LogP contribution in [-0.4, -0.2) is 49.3 Å². The molecule has 1 aromatic carbocycles. The van der Waals surface area contributed by atoms with Crippen molar-refractivity contribution in [1.82, 2.24) is 4.90 Å². The minimum atomic E-state index is -3.76. The van der Waals surface area contributed by atoms with Gasteiger partial charge >= 0.3 is 0 Å². The normalized spacial score (nSPS) is 25.5. The van der Waals surface area contributed by atoms with Crippen molar-refractivity contribution in [1.29, 1.82) is 0 Å². The van der Waals surface area contributed by atoms with E-state index in [9.17, 15) is 18.5 Å². The van der Waals surface area contributed by atoms with Gasteiger partial charge in [-0.15, -0.1) is 0 Å². The first-order valence-electron chi connectivity index (χ1n) is 8.39. The predicted octanol–water partition coefficient (Wildman–Crippen LogP) is 1.83. The number of benzene rings is 1. The Morgan fingerprint density at radius 3 is 2.50 bits per heavy atom. The van der Waals surface area contributed by atoms with Crippen molar-refractivity contribution < 1.29 is 22.3 Å². The van der Waals surface area contributed by atoms with Crippen molar-refractivity contribution in [2.45, 2.75) is 44.4 Å². The summed E-state index contributed by atoms with van der Waals surface area (Å²) in [7, 11) is -3.76. The quantitative estimate of drug-likeness (QED) is 0.360. The lowest BCUT2D eigenvalue weighted by atomic mass is 9.85. The number of nitrogens with two attached hydrogens (primary N) is 1. The molecular weight excluding hydrogens is 362 g/mol. The van der Waals surface area contributed by atoms with Gasteiger partial charge in [-0.05, 0) is 39.8 Å². The van der Waals surface area contributed by atoms with Gasteiger partial charge in [-0.2, -0.15) is 8.42 Å². The maximum absolute atomic E-state index is 11.9. The van der Waals surface area contributed by atoms with Crippen LogP contribution in [0, 0.1) is 10.1 Å². The van der Waals surface area contributed by atoms with Crippen molar-refractivity contribution in [3.05, 3.63) is 27.8 Å². The standard InChI is InChI=1S/C16H23N3O6S/c1-16(2)15(25-26(3,22)23)14(18-6-4-5-7-18)10-8-12(19(20)21)11(17)9-13(10)24-16/h8-9,14-15H,4-7,17H2,1-3H3/t14-,15+/m1/s1. The van der Waals surface area contributed by atoms with Crippen molar-refractivity contribution in [2.75, 3.05) is 25.1 Å². The zero-order chi connectivity index (χ0) is 19.3. The molecule has 0 spiro atoms. The second-order valence-corrected chi connectivity index (χ2v) is 8.92. The molecule has 0 amide bonds. The van der Waals surface area contributed by atoms with Gasteiger partial charge in [0, 0.05) is 17.7 Å². The smallest absolute Gasteiger partial charge is 0.292 e. The van der Waals surface area contributed by atoms with Crippen LogP contribution >= 0.6 is 0 Å². The molecule has 0 saturated carbocycles. The number of likely N-dealkylation sites (tertiary alicyclic amines) is 1. The molecule has 10 heteroatoms. The molecule has 0 aliphatic carbocycles. The summed E-state index contributed by atoms with van der Waals surface area (Å²) in [5, 5.41) is 11.3. The van der Waals surface area contributed by atoms with Crippen LogP contribution in [0.25, 0.3) is 0 Å². The Bertz CT molecular complexity index is 833. The fourth-order valence-electron chi connectivity index (χ4n) is 3.73. The summed E-state index contributed by atoms with van der Waals surface area (Å²) in [6.07, 6.45) is 2.09. The van der Waals surface area contributed by atoms with Gasteiger partial charge in [0.1, 0.15) is 23.1 Å². The highest BCUT2D eigenvalue weighted by molar-refractivity contribution is 7.86. The van der Waals surface area contributed by atoms with E-state index in [1.165, 1.54) is 12.1 Å². The number of nitro benzene ring substituents is 1. The van der Waals surface area contributed by atoms with E-state index in [4.69, 9.17) is 14.7 Å². The van der Waals surface area contributed by atoms with Gasteiger partial charge in [0.2, 0.25) is 0 Å². The summed E-state index contributed by atoms with van der Waals surface area (Å²) in [4.78, 5) is 12.9. The van der Waals surface area contributed by atoms with Gasteiger partial charge in [0.25, 0.3) is 15.8 Å². The number of nitrogens with zero attached hydrogens (tertiary/aromatic N) is 2. The number of hydrogen-bond acceptors (Lipinski definition) is 8. The molecular formula is C16H23N3O6S. The third-order valence-corrected chi connectivity index (χ3v) is 5.39. The molecule has 1 saturated heterocycles. The molecule has 2 heterocycles. The van der Waals surface area contributed by atoms with Crippen LogP contribution in [0.15, 0.2) is 12.1 Å². The number of hydrogen-bond donors (Lipinski definition) is 1. The van der Waals surface area contributed by atoms with Crippen LogP contribution < -0.4 is 10.5 Å². The molecule has 0 radical (unpaired) electrons. The van der Waals surface area contributed by atoms with Crippen molar-refractivity contribution in [2.24, 2.45) is 0 Å². The van der Waals surface area contributed by atoms with E-state index in [1.807, 2.05) is 0 Å². The van der Waals surface area contributed by atoms with Gasteiger partial charge < -0.3 is 10.5 Å². The number of anilines is 1. The first kappa shape index (κ1) is 18.9. The number of rotatable bonds is 4. The molecule has 2 N–H and O–H groups in total. The molecule has 3 rings (SSSR count). The van der Waals surface area contributed by atoms with Crippen molar-refractivity contribution in [3.8, 4) is 5.75 Å². The van der Waals surface area contributed by atoms with Gasteiger partial charge in [-0.25, -0.2) is 0 Å². The van der Waals surface area contributed by atoms with Crippen LogP contribution in [0.4, 0.5) is 11.4 Å². The summed E-state index contributed by atoms with van der Waals surface area (Å²) in [5.74, 6) is 0.420. The monoisotopic (exact) mass is 385 g/mol. The summed E-state index contributed by atoms with van der Waals surface area (Å²) in [6.45, 7) is 4.99. The van der Waals surface area contributed by atoms with E-state index in [0.717, 1.165) is 32.2 Å². The first-order chi connectivity index (χ1) is 12.0. The van der Waals surface area contributed by atoms with Gasteiger partial charge in [0.15, 0.2) is 0 Å². The van der Waals surface area contributed by atoms with E-state index >= 15 is 0 Å². The van der Waals surface area contributed by atoms with Crippen molar-refractivity contribution >= 4 is 21.5 Å². The van der Waals surface area contributed by atoms with Gasteiger partial charge in [0.05, 0.1) is 17.2 Å². The van der Waals surface area contributed by atoms with E-state index in [-0.39, 0.29) is 11.4 Å². The summed E-state index contributed by atoms with van der Waals surface area (Å²) >= 11 is 0. The van der Waals surface area contributed by atoms with Gasteiger partial charge in [-0.3, -0.25) is 19.2 Å². The number of nitro groups is 1. The molecule has 2 atom stereocenters. The van der Waals surface area contributed by atoms with Crippen LogP contribution in [-0.2, 0) is 14.3 Å². The second-order valence-electron chi connectivity index (χ2n) is 7.32. The fourth-order valence-corrected chi connectivity index (χ4v) is 4.44. The Hall–Kier alpha value is -1.91. The van der Waals surface area contributed by atoms with E-state index in [1.54, 1.807) is 13.8 Å². The van der Waals surface area contributed by atoms with E-state index < -0.39 is 32.8 Å². The maximum atomic E-state index is 11.9. The second kappa shape index (κ2) is 6.36. The Morgan fingerprint density at radius 1 is 1.35 bits per heavy atom. The Kier molecular flexibility index (Phi) is 4.62. The molecule has 2 aliphatic heterocycles. The zero-order valence-corrected chi connectivity index (χ0v) is 15.8. The summed E-state index contributed by atoms with van der Waals surface area (Å²) in [5.41, 5.74) is 5.15. The Labute approximate surface area is 152 Å². The molecule has 0 unspecified atom stereocenters. The third-order valence-electron chi connectivity index (χ3n) is 4.83. The first-order valence-corrected chi connectivity index (χ1v) is 10.2. The number of fused-ring (bicyclic) bond motifs is 1. The molecule has 1 fully saturated rings. The molecule has 2 aliphatic rings. The van der Waals surface area contributed by atoms with Crippen molar-refractivity contribution in [3.63, 3.8) is 0 Å². The minimum absolute atomic E-state index is 0.00667. The highest BCUT2D eigenvalue weighted by atomic mass is 32.2. The average molecular weight is 385 g/mol. The fraction of sp³-hybridized carbons (Fsp3) is 0.625. The molecule has 0 aromatic heterocycles. The zero-order valence-electron chi connectivity index (χ0n) is 15.0. The molecule has 1 aromatic rings. The molecule has 26 heavy (non-hydrogen) atoms. The third kappa shape index (κ3) is 3.49. The average Bonchev–Trinajstić information content (AvgIpc) is 2.99. The van der Waals surface area contributed by atoms with E-state index in [0.29, 0.717) is 11.3 Å². The number of nitrogen functional groups attached to an aromatic ring is 1. The number of ether oxygens (including phenoxy) is 1. The topological polar surface area (TPSA) is 125 Å². The van der Waals surface area contributed by atoms with Crippen LogP contribution in [0.3, 0.4) is 0 Å². The maximum Gasteiger partial charge on any atom is 0.292 e. The SMILES string of the molecule is CC1(C)Oc2cc(N)c([N+](=O)[O-])cc2[C@@H](N2CCCC2)[C@@H]1OS(C)(=O)=O. The van der Waals surface area contributed by atoms with Crippen LogP contribution in [0.2, 0.25) is 0 Å². The Morgan fingerprint density at radius 2 is 1.96 bits per heavy atom. The summed E-state index contributed by atoms with van der Waals surface area (Å²) < 4.78 is 35.1. The molecule has 0 bridgehead atoms. The Balaban J connectivity index is 2.18. The minimum Gasteiger partial charge on any atom is -0.485 e. The molecule has 144 valence electrons. The predicted molar refractivity (Wildman–Crippen MR) is 95.5 cm³/mol. The lowest BCUT2D eigenvalue weighted by molar-refractivity contribution is -0.384. The lowest BCUT2D eigenvalue weighted by Crippen LogP contribution is -2.55. The molecule has 9 nitrogen and oxygen atoms in total. The van der Waals surface area contributed by atoms with E-state index in [2.05, 4.69) is 4.90 Å². The van der Waals surface area contributed by atoms with Gasteiger partial charge in [-0.1, -0.05) is 0 Å². The lowest BCUT2D eigenvalue weighted by Gasteiger charge is -2.46. The largest absolute Gasteiger partial charge is 0.485 e. The summed E-state index contributed by atoms with van der Waals surface area (Å²) in [6, 6.07) is 2.33. The highest BCUT2D eigenvalue weighted by Crippen LogP contribution is 2.48. The highest BCUT2D eigenvalue weighted by Gasteiger charge is 2.50.